The van der Waals surface area contributed by atoms with Gasteiger partial charge in [-0.15, -0.1) is 0 Å². The highest BCUT2D eigenvalue weighted by molar-refractivity contribution is 6.76. The van der Waals surface area contributed by atoms with Crippen LogP contribution in [0.5, 0.6) is 11.5 Å². The Hall–Kier alpha value is -3.30. The summed E-state index contributed by atoms with van der Waals surface area (Å²) in [7, 11) is -1.30. The van der Waals surface area contributed by atoms with E-state index in [2.05, 4.69) is 25.0 Å². The summed E-state index contributed by atoms with van der Waals surface area (Å²) in [4.78, 5) is 24.5. The maximum Gasteiger partial charge on any atom is 0.253 e. The molecule has 1 amide bonds. The second-order valence-corrected chi connectivity index (χ2v) is 15.7. The van der Waals surface area contributed by atoms with Crippen molar-refractivity contribution in [3.8, 4) is 22.8 Å². The third-order valence-electron chi connectivity index (χ3n) is 6.24. The molecule has 3 aromatic rings. The molecule has 2 heterocycles. The smallest absolute Gasteiger partial charge is 0.253 e. The molecule has 9 heteroatoms. The van der Waals surface area contributed by atoms with Crippen molar-refractivity contribution in [2.45, 2.75) is 45.8 Å². The molecule has 0 bridgehead atoms. The fourth-order valence-electron chi connectivity index (χ4n) is 4.31. The Morgan fingerprint density at radius 3 is 2.56 bits per heavy atom. The van der Waals surface area contributed by atoms with Crippen LogP contribution in [0, 0.1) is 18.6 Å². The van der Waals surface area contributed by atoms with Crippen LogP contribution in [0.1, 0.15) is 32.0 Å². The van der Waals surface area contributed by atoms with Crippen molar-refractivity contribution in [3.05, 3.63) is 70.4 Å². The highest BCUT2D eigenvalue weighted by Crippen LogP contribution is 2.41. The van der Waals surface area contributed by atoms with E-state index in [-0.39, 0.29) is 24.1 Å². The summed E-state index contributed by atoms with van der Waals surface area (Å²) in [5.74, 6) is -1.60. The number of halogens is 2. The van der Waals surface area contributed by atoms with Crippen molar-refractivity contribution >= 4 is 20.3 Å². The maximum atomic E-state index is 14.4. The van der Waals surface area contributed by atoms with Gasteiger partial charge >= 0.3 is 0 Å². The van der Waals surface area contributed by atoms with Gasteiger partial charge in [-0.3, -0.25) is 9.59 Å². The zero-order valence-corrected chi connectivity index (χ0v) is 21.9. The first-order valence-corrected chi connectivity index (χ1v) is 15.6. The van der Waals surface area contributed by atoms with E-state index in [0.717, 1.165) is 35.7 Å². The average Bonchev–Trinajstić information content (AvgIpc) is 3.10. The third kappa shape index (κ3) is 5.42. The van der Waals surface area contributed by atoms with Crippen LogP contribution in [0.3, 0.4) is 0 Å². The molecule has 0 unspecified atom stereocenters. The second-order valence-electron chi connectivity index (χ2n) is 10.1. The fourth-order valence-corrected chi connectivity index (χ4v) is 5.07. The minimum absolute atomic E-state index is 0.149. The Morgan fingerprint density at radius 1 is 1.11 bits per heavy atom. The number of benzene rings is 2. The van der Waals surface area contributed by atoms with E-state index in [9.17, 15) is 18.4 Å². The Kier molecular flexibility index (Phi) is 7.42. The SMILES string of the molecule is Cc1c2c(c(-c3cc(C=O)ccc3Oc3ccc(F)cc3F)n1COCC[Si](C)(C)C)CCNC2=O. The predicted octanol–water partition coefficient (Wildman–Crippen LogP) is 5.94. The molecular formula is C27H30F2N2O4Si. The molecule has 0 radical (unpaired) electrons. The van der Waals surface area contributed by atoms with Crippen molar-refractivity contribution in [2.24, 2.45) is 0 Å². The number of rotatable bonds is 9. The lowest BCUT2D eigenvalue weighted by molar-refractivity contribution is 0.0867. The van der Waals surface area contributed by atoms with Gasteiger partial charge in [-0.05, 0) is 55.3 Å². The van der Waals surface area contributed by atoms with Gasteiger partial charge in [0.15, 0.2) is 11.6 Å². The van der Waals surface area contributed by atoms with Gasteiger partial charge in [0.25, 0.3) is 5.91 Å². The quantitative estimate of drug-likeness (QED) is 0.219. The lowest BCUT2D eigenvalue weighted by atomic mass is 9.96. The van der Waals surface area contributed by atoms with E-state index in [1.54, 1.807) is 18.2 Å². The lowest BCUT2D eigenvalue weighted by Gasteiger charge is -2.19. The molecule has 0 atom stereocenters. The number of aromatic nitrogens is 1. The summed E-state index contributed by atoms with van der Waals surface area (Å²) in [5, 5.41) is 2.89. The van der Waals surface area contributed by atoms with Crippen molar-refractivity contribution in [3.63, 3.8) is 0 Å². The molecule has 1 aliphatic heterocycles. The molecule has 0 spiro atoms. The molecule has 2 aromatic carbocycles. The number of nitrogens with zero attached hydrogens (tertiary/aromatic N) is 1. The van der Waals surface area contributed by atoms with Gasteiger partial charge in [0, 0.05) is 44.1 Å². The topological polar surface area (TPSA) is 69.6 Å². The maximum absolute atomic E-state index is 14.4. The van der Waals surface area contributed by atoms with Crippen molar-refractivity contribution in [1.82, 2.24) is 9.88 Å². The van der Waals surface area contributed by atoms with Gasteiger partial charge in [-0.1, -0.05) is 19.6 Å². The van der Waals surface area contributed by atoms with Crippen LogP contribution in [0.15, 0.2) is 36.4 Å². The van der Waals surface area contributed by atoms with Crippen LogP contribution in [0.2, 0.25) is 25.7 Å². The van der Waals surface area contributed by atoms with E-state index >= 15 is 0 Å². The molecule has 0 saturated carbocycles. The van der Waals surface area contributed by atoms with Crippen LogP contribution in [-0.2, 0) is 17.9 Å². The first-order chi connectivity index (χ1) is 17.1. The normalized spacial score (nSPS) is 13.3. The number of nitrogens with one attached hydrogen (secondary N) is 1. The van der Waals surface area contributed by atoms with Crippen LogP contribution in [-0.4, -0.2) is 38.0 Å². The van der Waals surface area contributed by atoms with Gasteiger partial charge in [-0.25, -0.2) is 8.78 Å². The molecule has 6 nitrogen and oxygen atoms in total. The molecule has 1 aliphatic rings. The Bertz CT molecular complexity index is 1310. The van der Waals surface area contributed by atoms with Gasteiger partial charge in [0.05, 0.1) is 11.3 Å². The zero-order valence-electron chi connectivity index (χ0n) is 20.9. The minimum Gasteiger partial charge on any atom is -0.454 e. The fraction of sp³-hybridized carbons (Fsp3) is 0.333. The summed E-state index contributed by atoms with van der Waals surface area (Å²) in [5.41, 5.74) is 3.73. The molecule has 190 valence electrons. The molecule has 1 aromatic heterocycles. The van der Waals surface area contributed by atoms with Crippen LogP contribution in [0.4, 0.5) is 8.78 Å². The van der Waals surface area contributed by atoms with Crippen molar-refractivity contribution in [1.29, 1.82) is 0 Å². The number of aldehydes is 1. The monoisotopic (exact) mass is 512 g/mol. The van der Waals surface area contributed by atoms with E-state index < -0.39 is 19.7 Å². The standard InChI is InChI=1S/C27H30F2N2O4Si/c1-17-25-20(9-10-30-27(25)33)26(31(17)16-34-11-12-36(2,3)4)21-13-18(15-32)5-7-23(21)35-24-8-6-19(28)14-22(24)29/h5-8,13-15H,9-12,16H2,1-4H3,(H,30,33). The number of amides is 1. The third-order valence-corrected chi connectivity index (χ3v) is 7.94. The summed E-state index contributed by atoms with van der Waals surface area (Å²) in [6.07, 6.45) is 1.30. The van der Waals surface area contributed by atoms with Crippen molar-refractivity contribution in [2.75, 3.05) is 13.2 Å². The number of carbonyl (C=O) groups is 2. The van der Waals surface area contributed by atoms with Gasteiger partial charge in [0.1, 0.15) is 24.6 Å². The first kappa shape index (κ1) is 25.8. The van der Waals surface area contributed by atoms with Crippen molar-refractivity contribution < 1.29 is 27.8 Å². The number of fused-ring (bicyclic) bond motifs is 1. The number of carbonyl (C=O) groups excluding carboxylic acids is 2. The van der Waals surface area contributed by atoms with E-state index in [1.165, 1.54) is 6.07 Å². The Morgan fingerprint density at radius 2 is 1.86 bits per heavy atom. The molecule has 0 aliphatic carbocycles. The lowest BCUT2D eigenvalue weighted by Crippen LogP contribution is -2.31. The Balaban J connectivity index is 1.83. The molecular weight excluding hydrogens is 482 g/mol. The van der Waals surface area contributed by atoms with E-state index in [4.69, 9.17) is 9.47 Å². The second kappa shape index (κ2) is 10.4. The number of ether oxygens (including phenoxy) is 2. The Labute approximate surface area is 210 Å². The van der Waals surface area contributed by atoms with Gasteiger partial charge in [-0.2, -0.15) is 0 Å². The summed E-state index contributed by atoms with van der Waals surface area (Å²) >= 11 is 0. The summed E-state index contributed by atoms with van der Waals surface area (Å²) in [6.45, 7) is 9.94. The van der Waals surface area contributed by atoms with E-state index in [0.29, 0.717) is 42.0 Å². The van der Waals surface area contributed by atoms with Crippen LogP contribution >= 0.6 is 0 Å². The molecule has 1 N–H and O–H groups in total. The molecule has 0 fully saturated rings. The molecule has 4 rings (SSSR count). The summed E-state index contributed by atoms with van der Waals surface area (Å²) in [6, 6.07) is 8.87. The first-order valence-electron chi connectivity index (χ1n) is 11.9. The predicted molar refractivity (Wildman–Crippen MR) is 137 cm³/mol. The number of hydrogen-bond donors (Lipinski definition) is 1. The van der Waals surface area contributed by atoms with Gasteiger partial charge in [0.2, 0.25) is 0 Å². The molecule has 36 heavy (non-hydrogen) atoms. The minimum atomic E-state index is -1.30. The number of hydrogen-bond acceptors (Lipinski definition) is 4. The largest absolute Gasteiger partial charge is 0.454 e. The highest BCUT2D eigenvalue weighted by atomic mass is 28.3. The van der Waals surface area contributed by atoms with Crippen LogP contribution in [0.25, 0.3) is 11.3 Å². The van der Waals surface area contributed by atoms with Gasteiger partial charge < -0.3 is 19.4 Å². The summed E-state index contributed by atoms with van der Waals surface area (Å²) < 4.78 is 41.7. The average molecular weight is 513 g/mol. The van der Waals surface area contributed by atoms with E-state index in [1.807, 2.05) is 11.5 Å². The highest BCUT2D eigenvalue weighted by Gasteiger charge is 2.30. The zero-order chi connectivity index (χ0) is 26.0. The molecule has 0 saturated heterocycles. The van der Waals surface area contributed by atoms with Crippen LogP contribution < -0.4 is 10.1 Å².